The van der Waals surface area contributed by atoms with Gasteiger partial charge in [0.1, 0.15) is 5.84 Å². The maximum absolute atomic E-state index is 8.26. The van der Waals surface area contributed by atoms with Crippen molar-refractivity contribution in [1.82, 2.24) is 5.32 Å². The van der Waals surface area contributed by atoms with E-state index < -0.39 is 0 Å². The zero-order valence-corrected chi connectivity index (χ0v) is 9.22. The van der Waals surface area contributed by atoms with Gasteiger partial charge in [-0.15, -0.1) is 6.58 Å². The van der Waals surface area contributed by atoms with Crippen LogP contribution in [-0.2, 0) is 0 Å². The fourth-order valence-corrected chi connectivity index (χ4v) is 1.50. The highest BCUT2D eigenvalue weighted by Gasteiger charge is 1.93. The van der Waals surface area contributed by atoms with Gasteiger partial charge in [-0.25, -0.2) is 0 Å². The minimum absolute atomic E-state index is 0.299. The van der Waals surface area contributed by atoms with Gasteiger partial charge in [0.05, 0.1) is 0 Å². The molecule has 0 heterocycles. The van der Waals surface area contributed by atoms with E-state index in [-0.39, 0.29) is 0 Å². The third-order valence-electron chi connectivity index (χ3n) is 1.57. The van der Waals surface area contributed by atoms with Crippen LogP contribution in [0.3, 0.4) is 0 Å². The summed E-state index contributed by atoms with van der Waals surface area (Å²) >= 11 is 1.85. The highest BCUT2D eigenvalue weighted by atomic mass is 32.2. The number of amidine groups is 1. The first-order chi connectivity index (χ1) is 6.81. The van der Waals surface area contributed by atoms with Gasteiger partial charge in [0.15, 0.2) is 0 Å². The summed E-state index contributed by atoms with van der Waals surface area (Å²) in [5, 5.41) is 14.4. The summed E-state index contributed by atoms with van der Waals surface area (Å²) < 4.78 is 0. The minimum atomic E-state index is 0.299. The van der Waals surface area contributed by atoms with Gasteiger partial charge in [0.25, 0.3) is 0 Å². The maximum atomic E-state index is 8.26. The SMILES string of the molecule is C=CCSCCNCCC/C(N)=N\O. The van der Waals surface area contributed by atoms with Crippen molar-refractivity contribution in [2.75, 3.05) is 24.6 Å². The fraction of sp³-hybridized carbons (Fsp3) is 0.667. The molecule has 0 radical (unpaired) electrons. The largest absolute Gasteiger partial charge is 0.409 e. The van der Waals surface area contributed by atoms with Crippen LogP contribution in [0.5, 0.6) is 0 Å². The van der Waals surface area contributed by atoms with Crippen LogP contribution in [0.2, 0.25) is 0 Å². The Labute approximate surface area is 89.6 Å². The van der Waals surface area contributed by atoms with Crippen LogP contribution in [-0.4, -0.2) is 35.6 Å². The van der Waals surface area contributed by atoms with Crippen molar-refractivity contribution in [3.8, 4) is 0 Å². The summed E-state index contributed by atoms with van der Waals surface area (Å²) in [6.07, 6.45) is 3.45. The van der Waals surface area contributed by atoms with Crippen LogP contribution in [0.1, 0.15) is 12.8 Å². The van der Waals surface area contributed by atoms with E-state index in [1.54, 1.807) is 0 Å². The summed E-state index contributed by atoms with van der Waals surface area (Å²) in [6.45, 7) is 5.55. The van der Waals surface area contributed by atoms with E-state index in [1.807, 2.05) is 17.8 Å². The molecule has 14 heavy (non-hydrogen) atoms. The van der Waals surface area contributed by atoms with Crippen molar-refractivity contribution in [3.05, 3.63) is 12.7 Å². The third kappa shape index (κ3) is 9.41. The lowest BCUT2D eigenvalue weighted by Crippen LogP contribution is -2.20. The third-order valence-corrected chi connectivity index (χ3v) is 2.54. The molecule has 0 aromatic carbocycles. The van der Waals surface area contributed by atoms with Gasteiger partial charge < -0.3 is 16.3 Å². The highest BCUT2D eigenvalue weighted by molar-refractivity contribution is 7.99. The average Bonchev–Trinajstić information content (AvgIpc) is 2.21. The van der Waals surface area contributed by atoms with Crippen molar-refractivity contribution < 1.29 is 5.21 Å². The van der Waals surface area contributed by atoms with Crippen LogP contribution in [0.25, 0.3) is 0 Å². The molecule has 82 valence electrons. The normalized spacial score (nSPS) is 11.6. The average molecular weight is 217 g/mol. The molecular weight excluding hydrogens is 198 g/mol. The van der Waals surface area contributed by atoms with Gasteiger partial charge in [-0.05, 0) is 13.0 Å². The van der Waals surface area contributed by atoms with E-state index in [9.17, 15) is 0 Å². The lowest BCUT2D eigenvalue weighted by molar-refractivity contribution is 0.316. The van der Waals surface area contributed by atoms with Gasteiger partial charge in [-0.1, -0.05) is 11.2 Å². The number of oxime groups is 1. The van der Waals surface area contributed by atoms with Gasteiger partial charge in [0.2, 0.25) is 0 Å². The predicted octanol–water partition coefficient (Wildman–Crippen LogP) is 1.02. The van der Waals surface area contributed by atoms with E-state index in [2.05, 4.69) is 17.1 Å². The van der Waals surface area contributed by atoms with Crippen LogP contribution < -0.4 is 11.1 Å². The standard InChI is InChI=1S/C9H19N3OS/c1-2-7-14-8-6-11-5-3-4-9(10)12-13/h2,11,13H,1,3-8H2,(H2,10,12). The molecule has 0 aromatic heterocycles. The number of nitrogens with zero attached hydrogens (tertiary/aromatic N) is 1. The lowest BCUT2D eigenvalue weighted by atomic mass is 10.3. The molecule has 0 aliphatic rings. The first kappa shape index (κ1) is 13.3. The van der Waals surface area contributed by atoms with E-state index in [0.717, 1.165) is 31.0 Å². The molecular formula is C9H19N3OS. The van der Waals surface area contributed by atoms with E-state index >= 15 is 0 Å². The van der Waals surface area contributed by atoms with Crippen molar-refractivity contribution in [2.24, 2.45) is 10.9 Å². The fourth-order valence-electron chi connectivity index (χ4n) is 0.881. The second-order valence-corrected chi connectivity index (χ2v) is 3.96. The number of hydrogen-bond donors (Lipinski definition) is 3. The van der Waals surface area contributed by atoms with Gasteiger partial charge in [-0.2, -0.15) is 11.8 Å². The van der Waals surface area contributed by atoms with Crippen LogP contribution in [0, 0.1) is 0 Å². The molecule has 0 bridgehead atoms. The Morgan fingerprint density at radius 1 is 1.57 bits per heavy atom. The first-order valence-corrected chi connectivity index (χ1v) is 5.82. The summed E-state index contributed by atoms with van der Waals surface area (Å²) in [5.41, 5.74) is 5.31. The molecule has 4 nitrogen and oxygen atoms in total. The molecule has 0 atom stereocenters. The molecule has 0 rings (SSSR count). The lowest BCUT2D eigenvalue weighted by Gasteiger charge is -2.03. The number of nitrogens with two attached hydrogens (primary N) is 1. The molecule has 0 aliphatic carbocycles. The van der Waals surface area contributed by atoms with Crippen LogP contribution >= 0.6 is 11.8 Å². The Morgan fingerprint density at radius 2 is 2.36 bits per heavy atom. The number of rotatable bonds is 9. The summed E-state index contributed by atoms with van der Waals surface area (Å²) in [7, 11) is 0. The molecule has 0 amide bonds. The highest BCUT2D eigenvalue weighted by Crippen LogP contribution is 1.97. The summed E-state index contributed by atoms with van der Waals surface area (Å²) in [6, 6.07) is 0. The molecule has 4 N–H and O–H groups in total. The Kier molecular flexibility index (Phi) is 9.90. The molecule has 0 unspecified atom stereocenters. The smallest absolute Gasteiger partial charge is 0.139 e. The maximum Gasteiger partial charge on any atom is 0.139 e. The molecule has 0 fully saturated rings. The van der Waals surface area contributed by atoms with E-state index in [0.29, 0.717) is 12.3 Å². The molecule has 0 aliphatic heterocycles. The van der Waals surface area contributed by atoms with Gasteiger partial charge >= 0.3 is 0 Å². The monoisotopic (exact) mass is 217 g/mol. The minimum Gasteiger partial charge on any atom is -0.409 e. The van der Waals surface area contributed by atoms with Gasteiger partial charge in [0, 0.05) is 24.5 Å². The topological polar surface area (TPSA) is 70.6 Å². The molecule has 0 saturated heterocycles. The zero-order valence-electron chi connectivity index (χ0n) is 8.41. The van der Waals surface area contributed by atoms with E-state index in [4.69, 9.17) is 10.9 Å². The summed E-state index contributed by atoms with van der Waals surface area (Å²) in [5.74, 6) is 2.40. The Hall–Kier alpha value is -0.680. The Balaban J connectivity index is 3.02. The Morgan fingerprint density at radius 3 is 3.00 bits per heavy atom. The van der Waals surface area contributed by atoms with Crippen molar-refractivity contribution in [1.29, 1.82) is 0 Å². The molecule has 0 spiro atoms. The first-order valence-electron chi connectivity index (χ1n) is 4.67. The van der Waals surface area contributed by atoms with Crippen molar-refractivity contribution >= 4 is 17.6 Å². The number of thioether (sulfide) groups is 1. The Bertz CT molecular complexity index is 173. The molecule has 0 saturated carbocycles. The van der Waals surface area contributed by atoms with Crippen molar-refractivity contribution in [2.45, 2.75) is 12.8 Å². The van der Waals surface area contributed by atoms with Crippen molar-refractivity contribution in [3.63, 3.8) is 0 Å². The zero-order chi connectivity index (χ0) is 10.6. The number of hydrogen-bond acceptors (Lipinski definition) is 4. The van der Waals surface area contributed by atoms with Gasteiger partial charge in [-0.3, -0.25) is 0 Å². The van der Waals surface area contributed by atoms with E-state index in [1.165, 1.54) is 0 Å². The second-order valence-electron chi connectivity index (χ2n) is 2.81. The molecule has 5 heteroatoms. The molecule has 0 aromatic rings. The quantitative estimate of drug-likeness (QED) is 0.135. The van der Waals surface area contributed by atoms with Crippen LogP contribution in [0.4, 0.5) is 0 Å². The van der Waals surface area contributed by atoms with Crippen LogP contribution in [0.15, 0.2) is 17.8 Å². The predicted molar refractivity (Wildman–Crippen MR) is 63.0 cm³/mol. The second kappa shape index (κ2) is 10.4. The number of nitrogens with one attached hydrogen (secondary N) is 1. The summed E-state index contributed by atoms with van der Waals surface area (Å²) in [4.78, 5) is 0.